The van der Waals surface area contributed by atoms with Crippen molar-refractivity contribution in [2.45, 2.75) is 122 Å². The molecule has 0 rings (SSSR count). The van der Waals surface area contributed by atoms with E-state index in [0.29, 0.717) is 0 Å². The van der Waals surface area contributed by atoms with E-state index in [2.05, 4.69) is 25.7 Å². The molecule has 0 aromatic heterocycles. The van der Waals surface area contributed by atoms with E-state index in [9.17, 15) is 0 Å². The standard InChI is InChI=1S/C23H42/c1-3-5-7-9-11-13-15-17-19-21-23-22-20-18-16-14-12-10-8-6-4-2/h1-15,17,19-23H2. The molecule has 0 heterocycles. The lowest BCUT2D eigenvalue weighted by Gasteiger charge is -2.01. The molecule has 0 aliphatic rings. The van der Waals surface area contributed by atoms with Crippen molar-refractivity contribution in [3.05, 3.63) is 13.8 Å². The van der Waals surface area contributed by atoms with Crippen molar-refractivity contribution in [2.24, 2.45) is 0 Å². The zero-order valence-corrected chi connectivity index (χ0v) is 15.8. The number of hydrogen-bond acceptors (Lipinski definition) is 0. The summed E-state index contributed by atoms with van der Waals surface area (Å²) in [5.41, 5.74) is 0. The quantitative estimate of drug-likeness (QED) is 0.188. The highest BCUT2D eigenvalue weighted by atomic mass is 14.0. The molecule has 0 aromatic rings. The van der Waals surface area contributed by atoms with E-state index in [-0.39, 0.29) is 0 Å². The van der Waals surface area contributed by atoms with Gasteiger partial charge in [-0.05, 0) is 12.8 Å². The smallest absolute Gasteiger partial charge is 0.00886 e. The molecule has 0 atom stereocenters. The third-order valence-corrected chi connectivity index (χ3v) is 4.48. The summed E-state index contributed by atoms with van der Waals surface area (Å²) in [5, 5.41) is 0. The lowest BCUT2D eigenvalue weighted by molar-refractivity contribution is 0.548. The monoisotopic (exact) mass is 318 g/mol. The fraction of sp³-hybridized carbons (Fsp3) is 0.826. The van der Waals surface area contributed by atoms with E-state index in [4.69, 9.17) is 0 Å². The molecule has 0 N–H and O–H groups in total. The topological polar surface area (TPSA) is 0 Å². The molecule has 0 unspecified atom stereocenters. The van der Waals surface area contributed by atoms with Crippen LogP contribution in [0.3, 0.4) is 0 Å². The average molecular weight is 319 g/mol. The van der Waals surface area contributed by atoms with Gasteiger partial charge in [0.25, 0.3) is 0 Å². The molecule has 0 amide bonds. The fourth-order valence-electron chi connectivity index (χ4n) is 2.90. The SMILES string of the molecule is [CH2]CCCCCCC#CCCCCCCCCCCCCC[CH2]. The molecule has 0 aromatic carbocycles. The fourth-order valence-corrected chi connectivity index (χ4v) is 2.90. The summed E-state index contributed by atoms with van der Waals surface area (Å²) in [4.78, 5) is 0. The van der Waals surface area contributed by atoms with Gasteiger partial charge >= 0.3 is 0 Å². The predicted molar refractivity (Wildman–Crippen MR) is 106 cm³/mol. The van der Waals surface area contributed by atoms with E-state index in [0.717, 1.165) is 25.7 Å². The molecule has 0 saturated heterocycles. The summed E-state index contributed by atoms with van der Waals surface area (Å²) < 4.78 is 0. The molecule has 134 valence electrons. The minimum absolute atomic E-state index is 1.09. The molecule has 0 aliphatic heterocycles. The Balaban J connectivity index is 3.05. The van der Waals surface area contributed by atoms with Crippen molar-refractivity contribution in [3.8, 4) is 11.8 Å². The number of unbranched alkanes of at least 4 members (excludes halogenated alkanes) is 17. The zero-order valence-electron chi connectivity index (χ0n) is 15.8. The lowest BCUT2D eigenvalue weighted by Crippen LogP contribution is -1.82. The molecule has 0 nitrogen and oxygen atoms in total. The Morgan fingerprint density at radius 1 is 0.348 bits per heavy atom. The van der Waals surface area contributed by atoms with Crippen LogP contribution in [0, 0.1) is 25.7 Å². The Morgan fingerprint density at radius 2 is 0.609 bits per heavy atom. The third-order valence-electron chi connectivity index (χ3n) is 4.48. The second-order valence-corrected chi connectivity index (χ2v) is 6.86. The second kappa shape index (κ2) is 21.6. The summed E-state index contributed by atoms with van der Waals surface area (Å²) in [6, 6.07) is 0. The Hall–Kier alpha value is -0.440. The second-order valence-electron chi connectivity index (χ2n) is 6.86. The molecule has 23 heavy (non-hydrogen) atoms. The van der Waals surface area contributed by atoms with Crippen LogP contribution in [0.25, 0.3) is 0 Å². The van der Waals surface area contributed by atoms with Crippen LogP contribution in [-0.4, -0.2) is 0 Å². The summed E-state index contributed by atoms with van der Waals surface area (Å²) in [5.74, 6) is 6.68. The van der Waals surface area contributed by atoms with Gasteiger partial charge in [0.1, 0.15) is 0 Å². The van der Waals surface area contributed by atoms with Crippen molar-refractivity contribution in [1.82, 2.24) is 0 Å². The summed E-state index contributed by atoms with van der Waals surface area (Å²) >= 11 is 0. The Labute approximate surface area is 148 Å². The van der Waals surface area contributed by atoms with Gasteiger partial charge in [0.05, 0.1) is 0 Å². The first-order valence-electron chi connectivity index (χ1n) is 10.5. The Kier molecular flexibility index (Phi) is 21.1. The van der Waals surface area contributed by atoms with Crippen LogP contribution in [0.15, 0.2) is 0 Å². The normalized spacial score (nSPS) is 10.5. The Bertz CT molecular complexity index is 255. The number of rotatable bonds is 17. The van der Waals surface area contributed by atoms with Crippen molar-refractivity contribution in [1.29, 1.82) is 0 Å². The minimum Gasteiger partial charge on any atom is -0.103 e. The molecule has 0 heteroatoms. The summed E-state index contributed by atoms with van der Waals surface area (Å²) in [7, 11) is 0. The van der Waals surface area contributed by atoms with Gasteiger partial charge in [-0.15, -0.1) is 11.8 Å². The Morgan fingerprint density at radius 3 is 0.913 bits per heavy atom. The van der Waals surface area contributed by atoms with Crippen LogP contribution >= 0.6 is 0 Å². The maximum Gasteiger partial charge on any atom is 0.00886 e. The molecule has 0 bridgehead atoms. The van der Waals surface area contributed by atoms with Gasteiger partial charge in [-0.3, -0.25) is 0 Å². The number of hydrogen-bond donors (Lipinski definition) is 0. The average Bonchev–Trinajstić information content (AvgIpc) is 2.57. The first-order valence-corrected chi connectivity index (χ1v) is 10.5. The van der Waals surface area contributed by atoms with E-state index in [1.54, 1.807) is 0 Å². The molecular formula is C23H42. The predicted octanol–water partition coefficient (Wildman–Crippen LogP) is 8.07. The molecule has 0 fully saturated rings. The lowest BCUT2D eigenvalue weighted by atomic mass is 10.0. The largest absolute Gasteiger partial charge is 0.103 e. The molecule has 0 spiro atoms. The maximum absolute atomic E-state index is 3.89. The van der Waals surface area contributed by atoms with Gasteiger partial charge in [0.2, 0.25) is 0 Å². The van der Waals surface area contributed by atoms with E-state index < -0.39 is 0 Å². The highest BCUT2D eigenvalue weighted by Crippen LogP contribution is 2.12. The van der Waals surface area contributed by atoms with Crippen LogP contribution in [0.2, 0.25) is 0 Å². The highest BCUT2D eigenvalue weighted by Gasteiger charge is 1.93. The van der Waals surface area contributed by atoms with Crippen molar-refractivity contribution >= 4 is 0 Å². The first kappa shape index (κ1) is 22.6. The van der Waals surface area contributed by atoms with Gasteiger partial charge < -0.3 is 0 Å². The molecule has 0 aliphatic carbocycles. The van der Waals surface area contributed by atoms with Gasteiger partial charge in [0, 0.05) is 12.8 Å². The highest BCUT2D eigenvalue weighted by molar-refractivity contribution is 4.98. The molecule has 2 radical (unpaired) electrons. The van der Waals surface area contributed by atoms with Gasteiger partial charge in [-0.25, -0.2) is 0 Å². The van der Waals surface area contributed by atoms with Crippen LogP contribution in [0.1, 0.15) is 122 Å². The maximum atomic E-state index is 3.89. The summed E-state index contributed by atoms with van der Waals surface area (Å²) in [6.07, 6.45) is 25.1. The van der Waals surface area contributed by atoms with Crippen LogP contribution in [0.5, 0.6) is 0 Å². The van der Waals surface area contributed by atoms with Crippen molar-refractivity contribution < 1.29 is 0 Å². The first-order chi connectivity index (χ1) is 11.4. The van der Waals surface area contributed by atoms with E-state index in [1.165, 1.54) is 96.3 Å². The molecular weight excluding hydrogens is 276 g/mol. The van der Waals surface area contributed by atoms with Crippen LogP contribution in [-0.2, 0) is 0 Å². The molecule has 0 saturated carbocycles. The zero-order chi connectivity index (χ0) is 16.8. The van der Waals surface area contributed by atoms with Crippen LogP contribution in [0.4, 0.5) is 0 Å². The summed E-state index contributed by atoms with van der Waals surface area (Å²) in [6.45, 7) is 7.77. The van der Waals surface area contributed by atoms with Crippen molar-refractivity contribution in [3.63, 3.8) is 0 Å². The van der Waals surface area contributed by atoms with Crippen molar-refractivity contribution in [2.75, 3.05) is 0 Å². The third kappa shape index (κ3) is 21.6. The van der Waals surface area contributed by atoms with Gasteiger partial charge in [-0.1, -0.05) is 110 Å². The van der Waals surface area contributed by atoms with Gasteiger partial charge in [-0.2, -0.15) is 0 Å². The van der Waals surface area contributed by atoms with Crippen LogP contribution < -0.4 is 0 Å². The van der Waals surface area contributed by atoms with Gasteiger partial charge in [0.15, 0.2) is 0 Å². The van der Waals surface area contributed by atoms with E-state index >= 15 is 0 Å². The van der Waals surface area contributed by atoms with E-state index in [1.807, 2.05) is 0 Å². The minimum atomic E-state index is 1.09.